The molecule has 2 atom stereocenters. The summed E-state index contributed by atoms with van der Waals surface area (Å²) in [7, 11) is 0. The number of hydrogen-bond donors (Lipinski definition) is 4. The van der Waals surface area contributed by atoms with Gasteiger partial charge in [0, 0.05) is 104 Å². The first-order valence-corrected chi connectivity index (χ1v) is 22.7. The summed E-state index contributed by atoms with van der Waals surface area (Å²) < 4.78 is 21.2. The van der Waals surface area contributed by atoms with Crippen molar-refractivity contribution in [1.29, 1.82) is 0 Å². The third-order valence-corrected chi connectivity index (χ3v) is 15.3. The molecule has 1 unspecified atom stereocenters. The molecule has 14 rings (SSSR count). The van der Waals surface area contributed by atoms with E-state index in [1.807, 2.05) is 0 Å². The normalized spacial score (nSPS) is 19.5. The number of nitrogens with one attached hydrogen (secondary N) is 2. The van der Waals surface area contributed by atoms with Crippen LogP contribution in [0.25, 0.3) is 82.4 Å². The second kappa shape index (κ2) is 13.1. The molecule has 8 heterocycles. The topological polar surface area (TPSA) is 62.2 Å². The number of allylic oxidation sites excluding steroid dienone is 1. The minimum atomic E-state index is -0.262. The van der Waals surface area contributed by atoms with Crippen molar-refractivity contribution in [2.75, 3.05) is 0 Å². The van der Waals surface area contributed by atoms with Gasteiger partial charge in [0.05, 0.1) is 39.0 Å². The lowest BCUT2D eigenvalue weighted by Crippen LogP contribution is -2.32. The fraction of sp³-hybridized carbons (Fsp3) is 0.200. The molecule has 5 aliphatic rings. The molecule has 0 saturated carbocycles. The van der Waals surface area contributed by atoms with Crippen molar-refractivity contribution >= 4 is 131 Å². The van der Waals surface area contributed by atoms with Gasteiger partial charge in [-0.25, -0.2) is 0 Å². The minimum absolute atomic E-state index is 0.143. The maximum absolute atomic E-state index is 5.95. The van der Waals surface area contributed by atoms with E-state index in [-0.39, 0.29) is 18.0 Å². The molecule has 0 fully saturated rings. The smallest absolute Gasteiger partial charge is 0.149 e. The van der Waals surface area contributed by atoms with E-state index in [0.717, 1.165) is 64.7 Å². The van der Waals surface area contributed by atoms with Crippen LogP contribution in [-0.2, 0) is 33.4 Å². The molecule has 5 aromatic carbocycles. The average Bonchev–Trinajstić information content (AvgIpc) is 4.01. The Bertz CT molecular complexity index is 3600. The summed E-state index contributed by atoms with van der Waals surface area (Å²) in [4.78, 5) is 1.62. The Kier molecular flexibility index (Phi) is 7.87. The third kappa shape index (κ3) is 4.67. The lowest BCUT2D eigenvalue weighted by molar-refractivity contribution is 0.161. The van der Waals surface area contributed by atoms with Crippen LogP contribution in [0, 0.1) is 0 Å². The summed E-state index contributed by atoms with van der Waals surface area (Å²) in [5.41, 5.74) is 17.7. The number of rotatable bonds is 2. The molecule has 0 bridgehead atoms. The van der Waals surface area contributed by atoms with Crippen LogP contribution in [-0.4, -0.2) is 28.2 Å². The van der Waals surface area contributed by atoms with Crippen LogP contribution in [0.4, 0.5) is 0 Å². The highest BCUT2D eigenvalue weighted by Crippen LogP contribution is 2.54. The molecule has 306 valence electrons. The van der Waals surface area contributed by atoms with Crippen molar-refractivity contribution in [2.24, 2.45) is 0 Å². The van der Waals surface area contributed by atoms with E-state index in [4.69, 9.17) is 32.8 Å². The lowest BCUT2D eigenvalue weighted by Gasteiger charge is -2.21. The molecule has 2 N–H and O–H groups in total. The fourth-order valence-electron chi connectivity index (χ4n) is 11.9. The molecule has 0 spiro atoms. The zero-order chi connectivity index (χ0) is 41.9. The van der Waals surface area contributed by atoms with Crippen LogP contribution in [0.2, 0.25) is 0 Å². The Hall–Kier alpha value is -5.34. The predicted octanol–water partition coefficient (Wildman–Crippen LogP) is 12.0. The summed E-state index contributed by atoms with van der Waals surface area (Å²) in [6.07, 6.45) is 2.16. The van der Waals surface area contributed by atoms with E-state index in [0.29, 0.717) is 0 Å². The highest BCUT2D eigenvalue weighted by Gasteiger charge is 2.42. The van der Waals surface area contributed by atoms with Crippen molar-refractivity contribution in [3.63, 3.8) is 0 Å². The summed E-state index contributed by atoms with van der Waals surface area (Å²) >= 11 is 20.3. The second-order valence-electron chi connectivity index (χ2n) is 17.6. The van der Waals surface area contributed by atoms with Crippen molar-refractivity contribution in [3.05, 3.63) is 137 Å². The molecular formula is C50H40N6O2S4. The van der Waals surface area contributed by atoms with E-state index in [1.165, 1.54) is 93.5 Å². The maximum atomic E-state index is 5.95. The quantitative estimate of drug-likeness (QED) is 0.0788. The van der Waals surface area contributed by atoms with Crippen LogP contribution in [0.1, 0.15) is 61.4 Å². The highest BCUT2D eigenvalue weighted by atomic mass is 32.1. The van der Waals surface area contributed by atoms with Gasteiger partial charge < -0.3 is 28.9 Å². The number of nitrogens with zero attached hydrogens (tertiary/aromatic N) is 4. The molecule has 1 aliphatic carbocycles. The van der Waals surface area contributed by atoms with Crippen LogP contribution in [0.5, 0.6) is 0 Å². The summed E-state index contributed by atoms with van der Waals surface area (Å²) in [5.74, 6) is 0. The number of fused-ring (bicyclic) bond motifs is 16. The minimum Gasteiger partial charge on any atom is -0.367 e. The van der Waals surface area contributed by atoms with Gasteiger partial charge in [-0.15, -0.1) is 0 Å². The predicted molar refractivity (Wildman–Crippen MR) is 266 cm³/mol. The number of hydrogen-bond acceptors (Lipinski definition) is 6. The molecule has 0 radical (unpaired) electrons. The molecule has 0 saturated heterocycles. The molecule has 62 heavy (non-hydrogen) atoms. The van der Waals surface area contributed by atoms with E-state index in [9.17, 15) is 0 Å². The van der Waals surface area contributed by atoms with Crippen molar-refractivity contribution in [1.82, 2.24) is 28.9 Å². The Balaban J connectivity index is 0.000000126. The number of thiocarbonyl (C=S) groups is 2. The first-order chi connectivity index (χ1) is 30.2. The number of para-hydroxylation sites is 4. The Morgan fingerprint density at radius 2 is 1.21 bits per heavy atom. The van der Waals surface area contributed by atoms with Crippen molar-refractivity contribution < 1.29 is 8.37 Å². The number of aromatic nitrogens is 4. The summed E-state index contributed by atoms with van der Waals surface area (Å²) in [6, 6.07) is 34.6. The Labute approximate surface area is 379 Å². The number of benzene rings is 5. The average molecular weight is 885 g/mol. The molecule has 4 aliphatic heterocycles. The zero-order valence-corrected chi connectivity index (χ0v) is 37.4. The molecule has 12 heteroatoms. The Morgan fingerprint density at radius 3 is 1.90 bits per heavy atom. The van der Waals surface area contributed by atoms with Crippen molar-refractivity contribution in [2.45, 2.75) is 64.2 Å². The molecular weight excluding hydrogens is 845 g/mol. The van der Waals surface area contributed by atoms with Gasteiger partial charge in [-0.2, -0.15) is 0 Å². The first-order valence-electron chi connectivity index (χ1n) is 21.1. The van der Waals surface area contributed by atoms with Gasteiger partial charge in [-0.05, 0) is 75.1 Å². The third-order valence-electron chi connectivity index (χ3n) is 14.1. The first kappa shape index (κ1) is 37.2. The van der Waals surface area contributed by atoms with Gasteiger partial charge in [-0.1, -0.05) is 104 Å². The second-order valence-corrected chi connectivity index (χ2v) is 18.8. The monoisotopic (exact) mass is 884 g/mol. The fourth-order valence-corrected chi connectivity index (χ4v) is 13.0. The van der Waals surface area contributed by atoms with Crippen molar-refractivity contribution in [3.8, 4) is 11.4 Å². The standard InChI is InChI=1S/C25H21N3OS2.C25H19N3OS2/c1-25(2)21-19-14-8-4-6-10-16(14)28-17(29-31)11-12-27-15-9-5-3-7-13(15)18(22(27)23(19)28)20(21)24(30)26-25;1-13-21-17(25(30)26-13)12-16-14-6-2-4-8-18(14)27-11-10-20(29-31)28-19-9-5-3-7-15(19)22(21)24(28)23(16)27/h3-10,17,31H,11-12H2,1-2H3,(H,26,30);2-9,20,31H,1,10-12H2,(H,26,30)/t;20-/m.0/s1. The molecule has 4 aromatic heterocycles. The zero-order valence-electron chi connectivity index (χ0n) is 34.0. The molecule has 0 amide bonds. The molecule has 8 nitrogen and oxygen atoms in total. The SMILES string of the molecule is C=C1NC(=S)C2=C1c1c3n(c4ccccc14)[C@@H](OS)CCn1c-3c(c3ccccc31)C2.CC1(C)NC(=S)c2c1c1c3ccccc3n3c1c1c2c2ccccc2n1CCC3OS. The van der Waals surface area contributed by atoms with E-state index >= 15 is 0 Å². The van der Waals surface area contributed by atoms with Crippen LogP contribution in [0.15, 0.2) is 115 Å². The van der Waals surface area contributed by atoms with Gasteiger partial charge in [0.1, 0.15) is 22.4 Å². The largest absolute Gasteiger partial charge is 0.367 e. The van der Waals surface area contributed by atoms with Gasteiger partial charge in [0.2, 0.25) is 0 Å². The maximum Gasteiger partial charge on any atom is 0.149 e. The summed E-state index contributed by atoms with van der Waals surface area (Å²) in [5, 5.41) is 14.5. The lowest BCUT2D eigenvalue weighted by atomic mass is 9.88. The number of aryl methyl sites for hydroxylation is 2. The molecule has 9 aromatic rings. The van der Waals surface area contributed by atoms with Gasteiger partial charge in [0.15, 0.2) is 0 Å². The van der Waals surface area contributed by atoms with E-state index in [2.05, 4.69) is 172 Å². The summed E-state index contributed by atoms with van der Waals surface area (Å²) in [6.45, 7) is 10.5. The van der Waals surface area contributed by atoms with Gasteiger partial charge >= 0.3 is 0 Å². The highest BCUT2D eigenvalue weighted by molar-refractivity contribution is 7.81. The van der Waals surface area contributed by atoms with Gasteiger partial charge in [-0.3, -0.25) is 8.37 Å². The van der Waals surface area contributed by atoms with Crippen LogP contribution in [0.3, 0.4) is 0 Å². The van der Waals surface area contributed by atoms with E-state index < -0.39 is 0 Å². The number of thiol groups is 2. The van der Waals surface area contributed by atoms with Gasteiger partial charge in [0.25, 0.3) is 0 Å². The Morgan fingerprint density at radius 1 is 0.645 bits per heavy atom. The van der Waals surface area contributed by atoms with Crippen LogP contribution >= 0.6 is 50.3 Å². The van der Waals surface area contributed by atoms with E-state index in [1.54, 1.807) is 0 Å². The van der Waals surface area contributed by atoms with Crippen LogP contribution < -0.4 is 10.6 Å².